The molecule has 1 aromatic heterocycles. The van der Waals surface area contributed by atoms with Gasteiger partial charge in [0.15, 0.2) is 35.3 Å². The van der Waals surface area contributed by atoms with E-state index < -0.39 is 59.0 Å². The molecule has 0 radical (unpaired) electrons. The van der Waals surface area contributed by atoms with Gasteiger partial charge in [-0.2, -0.15) is 4.39 Å². The summed E-state index contributed by atoms with van der Waals surface area (Å²) in [6.07, 6.45) is -0.398. The third kappa shape index (κ3) is 6.19. The maximum absolute atomic E-state index is 14.6. The van der Waals surface area contributed by atoms with E-state index in [2.05, 4.69) is 4.98 Å². The smallest absolute Gasteiger partial charge is 0.303 e. The Kier molecular flexibility index (Phi) is 7.85. The molecule has 1 saturated heterocycles. The van der Waals surface area contributed by atoms with Crippen LogP contribution in [-0.2, 0) is 28.6 Å². The number of hydrogen-bond donors (Lipinski definition) is 0. The van der Waals surface area contributed by atoms with Crippen molar-refractivity contribution < 1.29 is 42.1 Å². The van der Waals surface area contributed by atoms with E-state index in [0.717, 1.165) is 31.7 Å². The van der Waals surface area contributed by atoms with Gasteiger partial charge in [0.2, 0.25) is 5.82 Å². The van der Waals surface area contributed by atoms with Crippen LogP contribution in [0, 0.1) is 11.6 Å². The molecule has 0 spiro atoms. The molecule has 0 saturated carbocycles. The van der Waals surface area contributed by atoms with Crippen LogP contribution < -0.4 is 4.74 Å². The highest BCUT2D eigenvalue weighted by Gasteiger charge is 2.48. The van der Waals surface area contributed by atoms with Crippen molar-refractivity contribution in [2.75, 3.05) is 5.75 Å². The molecular formula is C22H21F2NO7S. The first kappa shape index (κ1) is 24.4. The molecule has 176 valence electrons. The van der Waals surface area contributed by atoms with Crippen LogP contribution in [0.5, 0.6) is 5.75 Å². The standard InChI is InChI=1S/C22H21F2NO7S/c1-11(26)29-18-10-33-22(21(31-13(3)28)20(18)30-12(2)27)32-17-8-15(7-16(23)19(17)24)14-5-4-6-25-9-14/h4-9,18,20-22H,10H2,1-3H3/t18-,20+,21-,22-/m1/s1. The van der Waals surface area contributed by atoms with E-state index in [1.165, 1.54) is 25.4 Å². The number of halogens is 2. The number of pyridine rings is 1. The number of thioether (sulfide) groups is 1. The molecule has 0 amide bonds. The summed E-state index contributed by atoms with van der Waals surface area (Å²) in [5.74, 6) is -4.80. The van der Waals surface area contributed by atoms with Gasteiger partial charge in [-0.3, -0.25) is 19.4 Å². The van der Waals surface area contributed by atoms with Crippen LogP contribution in [0.3, 0.4) is 0 Å². The normalized spacial score (nSPS) is 22.2. The lowest BCUT2D eigenvalue weighted by atomic mass is 10.1. The summed E-state index contributed by atoms with van der Waals surface area (Å²) < 4.78 is 50.5. The highest BCUT2D eigenvalue weighted by Crippen LogP contribution is 2.36. The molecule has 11 heteroatoms. The van der Waals surface area contributed by atoms with Crippen molar-refractivity contribution in [3.05, 3.63) is 48.3 Å². The first-order valence-electron chi connectivity index (χ1n) is 9.85. The number of rotatable bonds is 6. The average Bonchev–Trinajstić information content (AvgIpc) is 2.74. The van der Waals surface area contributed by atoms with Gasteiger partial charge in [0.05, 0.1) is 0 Å². The van der Waals surface area contributed by atoms with E-state index >= 15 is 0 Å². The molecule has 4 atom stereocenters. The van der Waals surface area contributed by atoms with Crippen molar-refractivity contribution >= 4 is 29.7 Å². The van der Waals surface area contributed by atoms with E-state index in [9.17, 15) is 23.2 Å². The Morgan fingerprint density at radius 2 is 1.64 bits per heavy atom. The van der Waals surface area contributed by atoms with Crippen LogP contribution >= 0.6 is 11.8 Å². The molecule has 1 fully saturated rings. The highest BCUT2D eigenvalue weighted by molar-refractivity contribution is 7.99. The minimum absolute atomic E-state index is 0.0896. The van der Waals surface area contributed by atoms with Crippen molar-refractivity contribution in [2.45, 2.75) is 44.5 Å². The number of carbonyl (C=O) groups excluding carboxylic acids is 3. The van der Waals surface area contributed by atoms with Crippen LogP contribution in [0.1, 0.15) is 20.8 Å². The molecule has 0 unspecified atom stereocenters. The quantitative estimate of drug-likeness (QED) is 0.454. The third-order valence-electron chi connectivity index (χ3n) is 4.54. The molecule has 0 aliphatic carbocycles. The van der Waals surface area contributed by atoms with Gasteiger partial charge in [0.1, 0.15) is 0 Å². The van der Waals surface area contributed by atoms with Crippen LogP contribution in [0.4, 0.5) is 8.78 Å². The molecule has 1 aliphatic heterocycles. The number of ether oxygens (including phenoxy) is 4. The van der Waals surface area contributed by atoms with Gasteiger partial charge in [-0.25, -0.2) is 4.39 Å². The molecule has 0 bridgehead atoms. The molecule has 1 aromatic carbocycles. The van der Waals surface area contributed by atoms with Gasteiger partial charge in [0.25, 0.3) is 0 Å². The number of hydrogen-bond acceptors (Lipinski definition) is 9. The zero-order chi connectivity index (χ0) is 24.1. The van der Waals surface area contributed by atoms with E-state index in [1.807, 2.05) is 0 Å². The van der Waals surface area contributed by atoms with Crippen molar-refractivity contribution in [1.82, 2.24) is 4.98 Å². The first-order valence-corrected chi connectivity index (χ1v) is 10.9. The molecule has 33 heavy (non-hydrogen) atoms. The zero-order valence-corrected chi connectivity index (χ0v) is 18.8. The van der Waals surface area contributed by atoms with Crippen molar-refractivity contribution in [3.8, 4) is 16.9 Å². The summed E-state index contributed by atoms with van der Waals surface area (Å²) in [7, 11) is 0. The monoisotopic (exact) mass is 481 g/mol. The Bertz CT molecular complexity index is 1040. The largest absolute Gasteiger partial charge is 0.472 e. The van der Waals surface area contributed by atoms with Crippen molar-refractivity contribution in [2.24, 2.45) is 0 Å². The van der Waals surface area contributed by atoms with Crippen LogP contribution in [-0.4, -0.2) is 52.4 Å². The summed E-state index contributed by atoms with van der Waals surface area (Å²) in [5.41, 5.74) is -0.249. The first-order chi connectivity index (χ1) is 15.7. The second kappa shape index (κ2) is 10.6. The Balaban J connectivity index is 1.95. The second-order valence-corrected chi connectivity index (χ2v) is 8.26. The number of carbonyl (C=O) groups is 3. The maximum atomic E-state index is 14.6. The lowest BCUT2D eigenvalue weighted by Gasteiger charge is -2.39. The van der Waals surface area contributed by atoms with Crippen LogP contribution in [0.15, 0.2) is 36.7 Å². The minimum atomic E-state index is -1.26. The fraction of sp³-hybridized carbons (Fsp3) is 0.364. The van der Waals surface area contributed by atoms with Crippen molar-refractivity contribution in [1.29, 1.82) is 0 Å². The molecular weight excluding hydrogens is 460 g/mol. The molecule has 0 N–H and O–H groups in total. The zero-order valence-electron chi connectivity index (χ0n) is 17.9. The second-order valence-electron chi connectivity index (χ2n) is 7.13. The van der Waals surface area contributed by atoms with E-state index in [-0.39, 0.29) is 5.75 Å². The average molecular weight is 481 g/mol. The maximum Gasteiger partial charge on any atom is 0.303 e. The van der Waals surface area contributed by atoms with Gasteiger partial charge in [-0.05, 0) is 23.8 Å². The molecule has 1 aliphatic rings. The fourth-order valence-corrected chi connectivity index (χ4v) is 4.49. The minimum Gasteiger partial charge on any atom is -0.472 e. The third-order valence-corrected chi connectivity index (χ3v) is 5.75. The van der Waals surface area contributed by atoms with Crippen LogP contribution in [0.25, 0.3) is 11.1 Å². The highest BCUT2D eigenvalue weighted by atomic mass is 32.2. The van der Waals surface area contributed by atoms with Gasteiger partial charge >= 0.3 is 17.9 Å². The van der Waals surface area contributed by atoms with Gasteiger partial charge in [0, 0.05) is 44.5 Å². The molecule has 3 rings (SSSR count). The SMILES string of the molecule is CC(=O)O[C@@H]1[C@@H](OC(C)=O)[C@H](OC(C)=O)CS[C@H]1Oc1cc(-c2cccnc2)cc(F)c1F. The summed E-state index contributed by atoms with van der Waals surface area (Å²) in [6, 6.07) is 5.61. The van der Waals surface area contributed by atoms with E-state index in [0.29, 0.717) is 11.1 Å². The van der Waals surface area contributed by atoms with E-state index in [1.54, 1.807) is 12.1 Å². The summed E-state index contributed by atoms with van der Waals surface area (Å²) in [5, 5.41) is 0. The van der Waals surface area contributed by atoms with Crippen LogP contribution in [0.2, 0.25) is 0 Å². The Morgan fingerprint density at radius 1 is 0.970 bits per heavy atom. The molecule has 8 nitrogen and oxygen atoms in total. The van der Waals surface area contributed by atoms with E-state index in [4.69, 9.17) is 18.9 Å². The predicted octanol–water partition coefficient (Wildman–Crippen LogP) is 3.27. The Labute approximate surface area is 192 Å². The number of esters is 3. The summed E-state index contributed by atoms with van der Waals surface area (Å²) >= 11 is 1.04. The molecule has 2 heterocycles. The predicted molar refractivity (Wildman–Crippen MR) is 113 cm³/mol. The summed E-state index contributed by atoms with van der Waals surface area (Å²) in [6.45, 7) is 3.45. The lowest BCUT2D eigenvalue weighted by molar-refractivity contribution is -0.186. The van der Waals surface area contributed by atoms with Gasteiger partial charge < -0.3 is 18.9 Å². The summed E-state index contributed by atoms with van der Waals surface area (Å²) in [4.78, 5) is 38.9. The number of nitrogens with zero attached hydrogens (tertiary/aromatic N) is 1. The van der Waals surface area contributed by atoms with Crippen molar-refractivity contribution in [3.63, 3.8) is 0 Å². The van der Waals surface area contributed by atoms with Gasteiger partial charge in [-0.15, -0.1) is 11.8 Å². The molecule has 2 aromatic rings. The Morgan fingerprint density at radius 3 is 2.24 bits per heavy atom. The Hall–Kier alpha value is -3.21. The lowest BCUT2D eigenvalue weighted by Crippen LogP contribution is -2.55. The fourth-order valence-electron chi connectivity index (χ4n) is 3.28. The number of benzene rings is 1. The number of aromatic nitrogens is 1. The topological polar surface area (TPSA) is 101 Å². The van der Waals surface area contributed by atoms with Gasteiger partial charge in [-0.1, -0.05) is 6.07 Å².